The van der Waals surface area contributed by atoms with Crippen LogP contribution in [0.25, 0.3) is 0 Å². The highest BCUT2D eigenvalue weighted by Gasteiger charge is 2.08. The zero-order valence-corrected chi connectivity index (χ0v) is 11.4. The van der Waals surface area contributed by atoms with E-state index in [1.165, 1.54) is 0 Å². The maximum absolute atomic E-state index is 6.01. The van der Waals surface area contributed by atoms with E-state index in [9.17, 15) is 0 Å². The molecule has 0 unspecified atom stereocenters. The first-order valence-corrected chi connectivity index (χ1v) is 6.24. The van der Waals surface area contributed by atoms with Gasteiger partial charge in [0, 0.05) is 23.2 Å². The van der Waals surface area contributed by atoms with Crippen LogP contribution in [0.15, 0.2) is 34.9 Å². The summed E-state index contributed by atoms with van der Waals surface area (Å²) in [4.78, 5) is 0. The fourth-order valence-electron chi connectivity index (χ4n) is 1.57. The molecule has 0 saturated carbocycles. The first kappa shape index (κ1) is 13.3. The molecule has 2 rings (SSSR count). The summed E-state index contributed by atoms with van der Waals surface area (Å²) in [5, 5.41) is 4.18. The van der Waals surface area contributed by atoms with Gasteiger partial charge in [-0.05, 0) is 25.2 Å². The molecule has 96 valence electrons. The molecule has 5 heteroatoms. The molecule has 0 amide bonds. The number of hydrogen-bond donors (Lipinski definition) is 1. The first-order chi connectivity index (χ1) is 8.70. The molecule has 0 aliphatic rings. The molecule has 1 heterocycles. The van der Waals surface area contributed by atoms with Gasteiger partial charge in [0.15, 0.2) is 0 Å². The van der Waals surface area contributed by atoms with Crippen molar-refractivity contribution in [3.05, 3.63) is 51.9 Å². The quantitative estimate of drug-likeness (QED) is 0.905. The standard InChI is InChI=1S/C13H13Cl2NO2/c1-16-7-9-4-5-17-13(9)8-18-12-6-10(14)2-3-11(12)15/h2-6,16H,7-8H2,1H3. The second-order valence-corrected chi connectivity index (χ2v) is 4.61. The van der Waals surface area contributed by atoms with Crippen molar-refractivity contribution in [1.29, 1.82) is 0 Å². The fourth-order valence-corrected chi connectivity index (χ4v) is 1.91. The molecule has 0 aliphatic heterocycles. The summed E-state index contributed by atoms with van der Waals surface area (Å²) < 4.78 is 11.0. The highest BCUT2D eigenvalue weighted by atomic mass is 35.5. The predicted octanol–water partition coefficient (Wildman–Crippen LogP) is 3.88. The summed E-state index contributed by atoms with van der Waals surface area (Å²) >= 11 is 11.9. The predicted molar refractivity (Wildman–Crippen MR) is 72.3 cm³/mol. The summed E-state index contributed by atoms with van der Waals surface area (Å²) in [5.41, 5.74) is 1.07. The fraction of sp³-hybridized carbons (Fsp3) is 0.231. The van der Waals surface area contributed by atoms with Gasteiger partial charge in [-0.3, -0.25) is 0 Å². The first-order valence-electron chi connectivity index (χ1n) is 5.48. The van der Waals surface area contributed by atoms with Gasteiger partial charge in [0.25, 0.3) is 0 Å². The third-order valence-electron chi connectivity index (χ3n) is 2.46. The number of ether oxygens (including phenoxy) is 1. The Kier molecular flexibility index (Phi) is 4.53. The van der Waals surface area contributed by atoms with E-state index in [2.05, 4.69) is 5.32 Å². The van der Waals surface area contributed by atoms with Crippen LogP contribution in [0.5, 0.6) is 5.75 Å². The van der Waals surface area contributed by atoms with Gasteiger partial charge in [0.1, 0.15) is 18.1 Å². The summed E-state index contributed by atoms with van der Waals surface area (Å²) in [5.74, 6) is 1.33. The van der Waals surface area contributed by atoms with Gasteiger partial charge in [-0.1, -0.05) is 23.2 Å². The van der Waals surface area contributed by atoms with Crippen LogP contribution in [0.3, 0.4) is 0 Å². The van der Waals surface area contributed by atoms with Crippen LogP contribution in [0.1, 0.15) is 11.3 Å². The van der Waals surface area contributed by atoms with E-state index in [-0.39, 0.29) is 0 Å². The molecule has 18 heavy (non-hydrogen) atoms. The number of hydrogen-bond acceptors (Lipinski definition) is 3. The van der Waals surface area contributed by atoms with E-state index in [1.807, 2.05) is 13.1 Å². The van der Waals surface area contributed by atoms with Crippen LogP contribution in [0.2, 0.25) is 10.0 Å². The van der Waals surface area contributed by atoms with Gasteiger partial charge in [-0.2, -0.15) is 0 Å². The van der Waals surface area contributed by atoms with Gasteiger partial charge in [0.05, 0.1) is 11.3 Å². The number of benzene rings is 1. The monoisotopic (exact) mass is 285 g/mol. The van der Waals surface area contributed by atoms with Gasteiger partial charge < -0.3 is 14.5 Å². The Hall–Kier alpha value is -1.16. The lowest BCUT2D eigenvalue weighted by atomic mass is 10.2. The molecule has 0 radical (unpaired) electrons. The van der Waals surface area contributed by atoms with Crippen LogP contribution in [0.4, 0.5) is 0 Å². The molecule has 3 nitrogen and oxygen atoms in total. The number of furan rings is 1. The molecule has 0 bridgehead atoms. The van der Waals surface area contributed by atoms with Crippen LogP contribution < -0.4 is 10.1 Å². The Morgan fingerprint density at radius 2 is 2.11 bits per heavy atom. The van der Waals surface area contributed by atoms with Crippen LogP contribution in [0, 0.1) is 0 Å². The van der Waals surface area contributed by atoms with E-state index in [0.717, 1.165) is 17.9 Å². The van der Waals surface area contributed by atoms with E-state index in [1.54, 1.807) is 24.5 Å². The molecule has 1 aromatic heterocycles. The third kappa shape index (κ3) is 3.19. The van der Waals surface area contributed by atoms with Crippen LogP contribution in [-0.4, -0.2) is 7.05 Å². The summed E-state index contributed by atoms with van der Waals surface area (Å²) in [6.45, 7) is 1.06. The Balaban J connectivity index is 2.06. The molecular weight excluding hydrogens is 273 g/mol. The maximum Gasteiger partial charge on any atom is 0.146 e. The van der Waals surface area contributed by atoms with Gasteiger partial charge >= 0.3 is 0 Å². The molecule has 2 aromatic rings. The Morgan fingerprint density at radius 1 is 1.28 bits per heavy atom. The molecule has 0 aliphatic carbocycles. The van der Waals surface area contributed by atoms with Crippen molar-refractivity contribution in [3.8, 4) is 5.75 Å². The van der Waals surface area contributed by atoms with Crippen molar-refractivity contribution in [2.45, 2.75) is 13.2 Å². The average Bonchev–Trinajstić information content (AvgIpc) is 2.78. The Morgan fingerprint density at radius 3 is 2.89 bits per heavy atom. The number of halogens is 2. The molecule has 0 atom stereocenters. The average molecular weight is 286 g/mol. The zero-order chi connectivity index (χ0) is 13.0. The van der Waals surface area contributed by atoms with Crippen LogP contribution >= 0.6 is 23.2 Å². The highest BCUT2D eigenvalue weighted by molar-refractivity contribution is 6.34. The Labute approximate surface area is 116 Å². The lowest BCUT2D eigenvalue weighted by molar-refractivity contribution is 0.268. The van der Waals surface area contributed by atoms with Crippen molar-refractivity contribution >= 4 is 23.2 Å². The van der Waals surface area contributed by atoms with Crippen molar-refractivity contribution in [3.63, 3.8) is 0 Å². The molecule has 0 fully saturated rings. The molecule has 0 saturated heterocycles. The summed E-state index contributed by atoms with van der Waals surface area (Å²) in [7, 11) is 1.88. The van der Waals surface area contributed by atoms with Crippen molar-refractivity contribution in [1.82, 2.24) is 5.32 Å². The highest BCUT2D eigenvalue weighted by Crippen LogP contribution is 2.28. The van der Waals surface area contributed by atoms with Gasteiger partial charge in [0.2, 0.25) is 0 Å². The Bertz CT molecular complexity index is 525. The van der Waals surface area contributed by atoms with E-state index >= 15 is 0 Å². The van der Waals surface area contributed by atoms with Crippen molar-refractivity contribution < 1.29 is 9.15 Å². The topological polar surface area (TPSA) is 34.4 Å². The lowest BCUT2D eigenvalue weighted by Crippen LogP contribution is -2.07. The maximum atomic E-state index is 6.01. The van der Waals surface area contributed by atoms with E-state index in [0.29, 0.717) is 22.4 Å². The minimum absolute atomic E-state index is 0.323. The largest absolute Gasteiger partial charge is 0.484 e. The van der Waals surface area contributed by atoms with Crippen LogP contribution in [-0.2, 0) is 13.2 Å². The second kappa shape index (κ2) is 6.14. The molecular formula is C13H13Cl2NO2. The number of nitrogens with one attached hydrogen (secondary N) is 1. The minimum atomic E-state index is 0.323. The summed E-state index contributed by atoms with van der Waals surface area (Å²) in [6, 6.07) is 7.02. The normalized spacial score (nSPS) is 10.6. The smallest absolute Gasteiger partial charge is 0.146 e. The van der Waals surface area contributed by atoms with Gasteiger partial charge in [-0.25, -0.2) is 0 Å². The third-order valence-corrected chi connectivity index (χ3v) is 3.00. The second-order valence-electron chi connectivity index (χ2n) is 3.76. The molecule has 0 spiro atoms. The number of rotatable bonds is 5. The summed E-state index contributed by atoms with van der Waals surface area (Å²) in [6.07, 6.45) is 1.64. The molecule has 1 aromatic carbocycles. The zero-order valence-electron chi connectivity index (χ0n) is 9.87. The van der Waals surface area contributed by atoms with Crippen molar-refractivity contribution in [2.75, 3.05) is 7.05 Å². The SMILES string of the molecule is CNCc1ccoc1COc1cc(Cl)ccc1Cl. The van der Waals surface area contributed by atoms with E-state index in [4.69, 9.17) is 32.4 Å². The van der Waals surface area contributed by atoms with E-state index < -0.39 is 0 Å². The van der Waals surface area contributed by atoms with Crippen molar-refractivity contribution in [2.24, 2.45) is 0 Å². The minimum Gasteiger partial charge on any atom is -0.484 e. The van der Waals surface area contributed by atoms with Gasteiger partial charge in [-0.15, -0.1) is 0 Å². The molecule has 1 N–H and O–H groups in total. The lowest BCUT2D eigenvalue weighted by Gasteiger charge is -2.08.